The lowest BCUT2D eigenvalue weighted by Gasteiger charge is -1.99. The second-order valence-electron chi connectivity index (χ2n) is 4.95. The summed E-state index contributed by atoms with van der Waals surface area (Å²) in [4.78, 5) is 15.8. The number of benzene rings is 2. The molecular weight excluding hydrogens is 264 g/mol. The molecule has 102 valence electrons. The number of fused-ring (bicyclic) bond motifs is 3. The van der Waals surface area contributed by atoms with E-state index in [0.29, 0.717) is 16.9 Å². The van der Waals surface area contributed by atoms with Crippen LogP contribution in [-0.2, 0) is 0 Å². The van der Waals surface area contributed by atoms with Gasteiger partial charge in [-0.15, -0.1) is 0 Å². The van der Waals surface area contributed by atoms with Crippen molar-refractivity contribution in [1.29, 1.82) is 0 Å². The molecule has 0 saturated heterocycles. The molecule has 5 heteroatoms. The molecule has 0 bridgehead atoms. The summed E-state index contributed by atoms with van der Waals surface area (Å²) in [6.45, 7) is 0. The van der Waals surface area contributed by atoms with Gasteiger partial charge in [-0.2, -0.15) is 5.10 Å². The number of aromatic nitrogens is 3. The van der Waals surface area contributed by atoms with Gasteiger partial charge in [0, 0.05) is 22.2 Å². The number of carbonyl (C=O) groups is 1. The van der Waals surface area contributed by atoms with E-state index in [2.05, 4.69) is 15.2 Å². The van der Waals surface area contributed by atoms with E-state index < -0.39 is 0 Å². The number of nitrogens with one attached hydrogen (secondary N) is 2. The van der Waals surface area contributed by atoms with E-state index in [1.54, 1.807) is 24.3 Å². The van der Waals surface area contributed by atoms with Crippen LogP contribution in [0.4, 0.5) is 5.69 Å². The van der Waals surface area contributed by atoms with Gasteiger partial charge in [-0.05, 0) is 18.2 Å². The lowest BCUT2D eigenvalue weighted by molar-refractivity contribution is 0.103. The summed E-state index contributed by atoms with van der Waals surface area (Å²) in [6.07, 6.45) is 0. The highest BCUT2D eigenvalue weighted by molar-refractivity contribution is 6.18. The number of hydrogen-bond acceptors (Lipinski definition) is 3. The van der Waals surface area contributed by atoms with Crippen LogP contribution in [-0.4, -0.2) is 21.0 Å². The Labute approximate surface area is 119 Å². The van der Waals surface area contributed by atoms with Crippen LogP contribution in [0, 0.1) is 0 Å². The van der Waals surface area contributed by atoms with E-state index in [0.717, 1.165) is 21.9 Å². The Morgan fingerprint density at radius 1 is 1.10 bits per heavy atom. The third kappa shape index (κ3) is 1.71. The molecule has 0 aliphatic carbocycles. The van der Waals surface area contributed by atoms with Crippen molar-refractivity contribution >= 4 is 33.4 Å². The second-order valence-corrected chi connectivity index (χ2v) is 4.95. The lowest BCUT2D eigenvalue weighted by Crippen LogP contribution is -2.03. The molecule has 0 saturated carbocycles. The van der Waals surface area contributed by atoms with Gasteiger partial charge in [-0.1, -0.05) is 30.3 Å². The minimum absolute atomic E-state index is 0.128. The van der Waals surface area contributed by atoms with Gasteiger partial charge in [0.25, 0.3) is 0 Å². The molecule has 0 aliphatic heterocycles. The number of nitrogens with zero attached hydrogens (tertiary/aromatic N) is 1. The minimum atomic E-state index is -0.128. The third-order valence-electron chi connectivity index (χ3n) is 3.58. The Morgan fingerprint density at radius 2 is 1.95 bits per heavy atom. The van der Waals surface area contributed by atoms with Crippen LogP contribution >= 0.6 is 0 Å². The molecule has 5 nitrogen and oxygen atoms in total. The zero-order chi connectivity index (χ0) is 14.4. The number of aromatic amines is 2. The molecule has 0 atom stereocenters. The quantitative estimate of drug-likeness (QED) is 0.388. The first-order valence-electron chi connectivity index (χ1n) is 6.59. The predicted octanol–water partition coefficient (Wildman–Crippen LogP) is 2.86. The largest absolute Gasteiger partial charge is 0.399 e. The zero-order valence-electron chi connectivity index (χ0n) is 11.1. The molecule has 2 aromatic heterocycles. The van der Waals surface area contributed by atoms with Crippen LogP contribution < -0.4 is 5.73 Å². The third-order valence-corrected chi connectivity index (χ3v) is 3.58. The summed E-state index contributed by atoms with van der Waals surface area (Å²) in [6, 6.07) is 14.8. The van der Waals surface area contributed by atoms with Crippen molar-refractivity contribution in [3.05, 3.63) is 59.8 Å². The van der Waals surface area contributed by atoms with Gasteiger partial charge in [0.05, 0.1) is 5.52 Å². The van der Waals surface area contributed by atoms with Gasteiger partial charge in [-0.3, -0.25) is 9.89 Å². The number of H-pyrrole nitrogens is 2. The number of hydrogen-bond donors (Lipinski definition) is 3. The number of nitrogens with two attached hydrogens (primary N) is 1. The Balaban J connectivity index is 1.92. The molecule has 0 fully saturated rings. The summed E-state index contributed by atoms with van der Waals surface area (Å²) in [5.41, 5.74) is 9.76. The normalized spacial score (nSPS) is 11.2. The van der Waals surface area contributed by atoms with E-state index in [9.17, 15) is 4.79 Å². The van der Waals surface area contributed by atoms with Gasteiger partial charge >= 0.3 is 0 Å². The average molecular weight is 276 g/mol. The van der Waals surface area contributed by atoms with Gasteiger partial charge in [0.2, 0.25) is 5.78 Å². The molecule has 0 amide bonds. The lowest BCUT2D eigenvalue weighted by atomic mass is 10.1. The van der Waals surface area contributed by atoms with Crippen molar-refractivity contribution in [3.8, 4) is 0 Å². The second kappa shape index (κ2) is 4.21. The summed E-state index contributed by atoms with van der Waals surface area (Å²) in [7, 11) is 0. The molecule has 4 rings (SSSR count). The summed E-state index contributed by atoms with van der Waals surface area (Å²) >= 11 is 0. The highest BCUT2D eigenvalue weighted by Gasteiger charge is 2.18. The number of nitrogen functional groups attached to an aromatic ring is 1. The maximum absolute atomic E-state index is 12.6. The number of rotatable bonds is 2. The van der Waals surface area contributed by atoms with E-state index >= 15 is 0 Å². The SMILES string of the molecule is Nc1cccc(C(=O)c2[nH]nc3c2[nH]c2ccccc23)c1. The van der Waals surface area contributed by atoms with E-state index in [1.165, 1.54) is 0 Å². The molecule has 0 unspecified atom stereocenters. The topological polar surface area (TPSA) is 87.6 Å². The highest BCUT2D eigenvalue weighted by Crippen LogP contribution is 2.26. The fourth-order valence-electron chi connectivity index (χ4n) is 2.58. The number of anilines is 1. The first-order valence-corrected chi connectivity index (χ1v) is 6.59. The Kier molecular flexibility index (Phi) is 2.35. The predicted molar refractivity (Wildman–Crippen MR) is 82.2 cm³/mol. The Morgan fingerprint density at radius 3 is 2.81 bits per heavy atom. The highest BCUT2D eigenvalue weighted by atomic mass is 16.1. The fourth-order valence-corrected chi connectivity index (χ4v) is 2.58. The fraction of sp³-hybridized carbons (Fsp3) is 0. The van der Waals surface area contributed by atoms with Crippen molar-refractivity contribution in [1.82, 2.24) is 15.2 Å². The van der Waals surface area contributed by atoms with E-state index in [-0.39, 0.29) is 5.78 Å². The monoisotopic (exact) mass is 276 g/mol. The van der Waals surface area contributed by atoms with Gasteiger partial charge in [0.15, 0.2) is 0 Å². The van der Waals surface area contributed by atoms with Crippen LogP contribution in [0.2, 0.25) is 0 Å². The Bertz CT molecular complexity index is 980. The molecule has 4 N–H and O–H groups in total. The minimum Gasteiger partial charge on any atom is -0.399 e. The van der Waals surface area contributed by atoms with Crippen LogP contribution in [0.1, 0.15) is 16.1 Å². The molecule has 0 aliphatic rings. The van der Waals surface area contributed by atoms with Crippen LogP contribution in [0.15, 0.2) is 48.5 Å². The van der Waals surface area contributed by atoms with Crippen molar-refractivity contribution in [2.24, 2.45) is 0 Å². The molecular formula is C16H12N4O. The number of para-hydroxylation sites is 1. The first-order chi connectivity index (χ1) is 10.2. The first kappa shape index (κ1) is 11.7. The molecule has 2 aromatic carbocycles. The van der Waals surface area contributed by atoms with Crippen molar-refractivity contribution in [2.45, 2.75) is 0 Å². The summed E-state index contributed by atoms with van der Waals surface area (Å²) < 4.78 is 0. The Hall–Kier alpha value is -3.08. The zero-order valence-corrected chi connectivity index (χ0v) is 11.1. The molecule has 21 heavy (non-hydrogen) atoms. The smallest absolute Gasteiger partial charge is 0.212 e. The standard InChI is InChI=1S/C16H12N4O/c17-10-5-3-4-9(8-10)16(21)15-14-13(19-20-15)11-6-1-2-7-12(11)18-14/h1-8,18H,17H2,(H,19,20). The van der Waals surface area contributed by atoms with E-state index in [4.69, 9.17) is 5.73 Å². The maximum Gasteiger partial charge on any atom is 0.212 e. The van der Waals surface area contributed by atoms with E-state index in [1.807, 2.05) is 24.3 Å². The van der Waals surface area contributed by atoms with Crippen LogP contribution in [0.5, 0.6) is 0 Å². The number of carbonyl (C=O) groups excluding carboxylic acids is 1. The molecule has 0 radical (unpaired) electrons. The van der Waals surface area contributed by atoms with Crippen molar-refractivity contribution in [2.75, 3.05) is 5.73 Å². The number of ketones is 1. The van der Waals surface area contributed by atoms with Crippen molar-refractivity contribution < 1.29 is 4.79 Å². The van der Waals surface area contributed by atoms with Crippen LogP contribution in [0.25, 0.3) is 21.9 Å². The molecule has 2 heterocycles. The van der Waals surface area contributed by atoms with Gasteiger partial charge < -0.3 is 10.7 Å². The van der Waals surface area contributed by atoms with Crippen molar-refractivity contribution in [3.63, 3.8) is 0 Å². The summed E-state index contributed by atoms with van der Waals surface area (Å²) in [5, 5.41) is 8.10. The summed E-state index contributed by atoms with van der Waals surface area (Å²) in [5.74, 6) is -0.128. The maximum atomic E-state index is 12.6. The van der Waals surface area contributed by atoms with Gasteiger partial charge in [-0.25, -0.2) is 0 Å². The molecule has 4 aromatic rings. The van der Waals surface area contributed by atoms with Crippen LogP contribution in [0.3, 0.4) is 0 Å². The van der Waals surface area contributed by atoms with Gasteiger partial charge in [0.1, 0.15) is 11.2 Å². The average Bonchev–Trinajstić information content (AvgIpc) is 3.05. The molecule has 0 spiro atoms.